The van der Waals surface area contributed by atoms with Gasteiger partial charge in [-0.15, -0.1) is 11.3 Å². The summed E-state index contributed by atoms with van der Waals surface area (Å²) < 4.78 is 32.4. The molecule has 7 nitrogen and oxygen atoms in total. The molecule has 0 fully saturated rings. The van der Waals surface area contributed by atoms with Crippen molar-refractivity contribution in [1.29, 1.82) is 0 Å². The van der Waals surface area contributed by atoms with Gasteiger partial charge in [-0.1, -0.05) is 24.3 Å². The average Bonchev–Trinajstić information content (AvgIpc) is 3.21. The molecule has 0 atom stereocenters. The first-order chi connectivity index (χ1) is 15.4. The highest BCUT2D eigenvalue weighted by Crippen LogP contribution is 2.22. The first-order valence-corrected chi connectivity index (χ1v) is 12.7. The third-order valence-electron chi connectivity index (χ3n) is 4.69. The molecule has 0 bridgehead atoms. The monoisotopic (exact) mass is 473 g/mol. The van der Waals surface area contributed by atoms with Crippen molar-refractivity contribution in [2.45, 2.75) is 31.6 Å². The number of carbonyl (C=O) groups excluding carboxylic acids is 1. The van der Waals surface area contributed by atoms with E-state index >= 15 is 0 Å². The van der Waals surface area contributed by atoms with Gasteiger partial charge >= 0.3 is 0 Å². The molecule has 0 aliphatic heterocycles. The van der Waals surface area contributed by atoms with E-state index in [0.29, 0.717) is 25.3 Å². The minimum Gasteiger partial charge on any atom is -0.494 e. The Morgan fingerprint density at radius 3 is 2.41 bits per heavy atom. The molecule has 0 unspecified atom stereocenters. The molecule has 170 valence electrons. The molecule has 3 rings (SSSR count). The molecule has 1 aromatic heterocycles. The van der Waals surface area contributed by atoms with Crippen molar-refractivity contribution in [1.82, 2.24) is 15.0 Å². The van der Waals surface area contributed by atoms with E-state index in [2.05, 4.69) is 15.0 Å². The predicted molar refractivity (Wildman–Crippen MR) is 126 cm³/mol. The molecule has 0 radical (unpaired) electrons. The predicted octanol–water partition coefficient (Wildman–Crippen LogP) is 3.54. The summed E-state index contributed by atoms with van der Waals surface area (Å²) >= 11 is 1.62. The van der Waals surface area contributed by atoms with Crippen LogP contribution in [0.3, 0.4) is 0 Å². The van der Waals surface area contributed by atoms with Crippen molar-refractivity contribution >= 4 is 27.3 Å². The van der Waals surface area contributed by atoms with Gasteiger partial charge in [0, 0.05) is 30.5 Å². The summed E-state index contributed by atoms with van der Waals surface area (Å²) in [4.78, 5) is 16.7. The van der Waals surface area contributed by atoms with Crippen LogP contribution >= 0.6 is 11.3 Å². The highest BCUT2D eigenvalue weighted by atomic mass is 32.2. The van der Waals surface area contributed by atoms with Crippen molar-refractivity contribution < 1.29 is 17.9 Å². The van der Waals surface area contributed by atoms with Gasteiger partial charge in [0.1, 0.15) is 5.75 Å². The van der Waals surface area contributed by atoms with Gasteiger partial charge in [0.15, 0.2) is 0 Å². The molecular formula is C23H27N3O4S2. The summed E-state index contributed by atoms with van der Waals surface area (Å²) in [5.74, 6) is 0.410. The van der Waals surface area contributed by atoms with Gasteiger partial charge in [-0.25, -0.2) is 18.1 Å². The number of rotatable bonds is 11. The number of nitrogens with one attached hydrogen (secondary N) is 2. The normalized spacial score (nSPS) is 11.3. The Balaban J connectivity index is 1.38. The highest BCUT2D eigenvalue weighted by Gasteiger charge is 2.14. The first-order valence-electron chi connectivity index (χ1n) is 10.4. The van der Waals surface area contributed by atoms with Crippen molar-refractivity contribution in [2.75, 3.05) is 19.7 Å². The van der Waals surface area contributed by atoms with Crippen LogP contribution in [-0.2, 0) is 21.2 Å². The van der Waals surface area contributed by atoms with Crippen LogP contribution in [-0.4, -0.2) is 39.0 Å². The molecule has 9 heteroatoms. The maximum absolute atomic E-state index is 12.3. The number of amides is 1. The standard InChI is InChI=1S/C23H27N3O4S2/c1-3-30-20-8-10-21(11-9-20)32(28,29)25-15-13-23(27)24-14-12-18-4-6-19(7-5-18)22-16-31-17(2)26-22/h4-11,16,25H,3,12-15H2,1-2H3,(H,24,27). The van der Waals surface area contributed by atoms with E-state index in [4.69, 9.17) is 4.74 Å². The maximum Gasteiger partial charge on any atom is 0.240 e. The second-order valence-electron chi connectivity index (χ2n) is 7.10. The molecule has 1 heterocycles. The number of ether oxygens (including phenoxy) is 1. The van der Waals surface area contributed by atoms with Gasteiger partial charge in [-0.2, -0.15) is 0 Å². The van der Waals surface area contributed by atoms with E-state index < -0.39 is 10.0 Å². The van der Waals surface area contributed by atoms with Crippen LogP contribution in [0.1, 0.15) is 23.9 Å². The zero-order valence-corrected chi connectivity index (χ0v) is 19.8. The van der Waals surface area contributed by atoms with Crippen molar-refractivity contribution in [3.05, 3.63) is 64.5 Å². The molecule has 1 amide bonds. The van der Waals surface area contributed by atoms with Gasteiger partial charge in [0.25, 0.3) is 0 Å². The van der Waals surface area contributed by atoms with Crippen LogP contribution in [0.2, 0.25) is 0 Å². The maximum atomic E-state index is 12.3. The van der Waals surface area contributed by atoms with Crippen LogP contribution in [0.25, 0.3) is 11.3 Å². The summed E-state index contributed by atoms with van der Waals surface area (Å²) in [5.41, 5.74) is 3.15. The van der Waals surface area contributed by atoms with Crippen LogP contribution in [0, 0.1) is 6.92 Å². The summed E-state index contributed by atoms with van der Waals surface area (Å²) in [6.45, 7) is 4.87. The zero-order chi connectivity index (χ0) is 23.0. The Labute approximate surface area is 192 Å². The first kappa shape index (κ1) is 23.9. The molecule has 0 saturated carbocycles. The van der Waals surface area contributed by atoms with E-state index in [0.717, 1.165) is 21.8 Å². The SMILES string of the molecule is CCOc1ccc(S(=O)(=O)NCCC(=O)NCCc2ccc(-c3csc(C)n3)cc2)cc1. The third-order valence-corrected chi connectivity index (χ3v) is 6.94. The summed E-state index contributed by atoms with van der Waals surface area (Å²) in [7, 11) is -3.67. The number of nitrogens with zero attached hydrogens (tertiary/aromatic N) is 1. The van der Waals surface area contributed by atoms with E-state index in [9.17, 15) is 13.2 Å². The Bertz CT molecular complexity index is 1120. The van der Waals surface area contributed by atoms with Crippen LogP contribution in [0.15, 0.2) is 58.8 Å². The fourth-order valence-electron chi connectivity index (χ4n) is 3.04. The molecule has 0 saturated heterocycles. The minimum absolute atomic E-state index is 0.0309. The summed E-state index contributed by atoms with van der Waals surface area (Å²) in [6, 6.07) is 14.3. The lowest BCUT2D eigenvalue weighted by Crippen LogP contribution is -2.31. The lowest BCUT2D eigenvalue weighted by molar-refractivity contribution is -0.120. The van der Waals surface area contributed by atoms with E-state index in [-0.39, 0.29) is 23.8 Å². The summed E-state index contributed by atoms with van der Waals surface area (Å²) in [5, 5.41) is 5.90. The number of aryl methyl sites for hydroxylation is 1. The topological polar surface area (TPSA) is 97.4 Å². The van der Waals surface area contributed by atoms with Crippen molar-refractivity contribution in [3.63, 3.8) is 0 Å². The summed E-state index contributed by atoms with van der Waals surface area (Å²) in [6.07, 6.45) is 0.762. The number of sulfonamides is 1. The average molecular weight is 474 g/mol. The van der Waals surface area contributed by atoms with E-state index in [1.54, 1.807) is 23.5 Å². The smallest absolute Gasteiger partial charge is 0.240 e. The number of aromatic nitrogens is 1. The largest absolute Gasteiger partial charge is 0.494 e. The van der Waals surface area contributed by atoms with Crippen molar-refractivity contribution in [2.24, 2.45) is 0 Å². The molecular weight excluding hydrogens is 446 g/mol. The molecule has 0 spiro atoms. The Kier molecular flexibility index (Phi) is 8.38. The van der Waals surface area contributed by atoms with E-state index in [1.165, 1.54) is 12.1 Å². The number of hydrogen-bond donors (Lipinski definition) is 2. The van der Waals surface area contributed by atoms with Crippen LogP contribution in [0.4, 0.5) is 0 Å². The highest BCUT2D eigenvalue weighted by molar-refractivity contribution is 7.89. The third kappa shape index (κ3) is 6.88. The lowest BCUT2D eigenvalue weighted by Gasteiger charge is -2.09. The minimum atomic E-state index is -3.67. The molecule has 32 heavy (non-hydrogen) atoms. The Morgan fingerprint density at radius 1 is 1.06 bits per heavy atom. The number of benzene rings is 2. The lowest BCUT2D eigenvalue weighted by atomic mass is 10.1. The quantitative estimate of drug-likeness (QED) is 0.444. The van der Waals surface area contributed by atoms with Gasteiger partial charge < -0.3 is 10.1 Å². The molecule has 0 aliphatic carbocycles. The Morgan fingerprint density at radius 2 is 1.78 bits per heavy atom. The van der Waals surface area contributed by atoms with E-state index in [1.807, 2.05) is 43.5 Å². The Hall–Kier alpha value is -2.75. The fourth-order valence-corrected chi connectivity index (χ4v) is 4.69. The molecule has 2 N–H and O–H groups in total. The van der Waals surface area contributed by atoms with Crippen LogP contribution < -0.4 is 14.8 Å². The van der Waals surface area contributed by atoms with Crippen LogP contribution in [0.5, 0.6) is 5.75 Å². The number of hydrogen-bond acceptors (Lipinski definition) is 6. The molecule has 0 aliphatic rings. The molecule has 2 aromatic carbocycles. The second kappa shape index (κ2) is 11.2. The number of thiazole rings is 1. The van der Waals surface area contributed by atoms with Gasteiger partial charge in [-0.05, 0) is 50.1 Å². The van der Waals surface area contributed by atoms with Crippen molar-refractivity contribution in [3.8, 4) is 17.0 Å². The second-order valence-corrected chi connectivity index (χ2v) is 9.93. The molecule has 3 aromatic rings. The fraction of sp³-hybridized carbons (Fsp3) is 0.304. The zero-order valence-electron chi connectivity index (χ0n) is 18.1. The van der Waals surface area contributed by atoms with Gasteiger partial charge in [0.2, 0.25) is 15.9 Å². The van der Waals surface area contributed by atoms with Gasteiger partial charge in [0.05, 0.1) is 22.2 Å². The number of carbonyl (C=O) groups is 1. The van der Waals surface area contributed by atoms with Gasteiger partial charge in [-0.3, -0.25) is 4.79 Å².